The highest BCUT2D eigenvalue weighted by Crippen LogP contribution is 2.12. The van der Waals surface area contributed by atoms with E-state index in [1.54, 1.807) is 24.3 Å². The zero-order valence-electron chi connectivity index (χ0n) is 13.3. The van der Waals surface area contributed by atoms with Crippen molar-refractivity contribution in [3.8, 4) is 0 Å². The van der Waals surface area contributed by atoms with Crippen molar-refractivity contribution in [2.45, 2.75) is 18.9 Å². The molecule has 0 spiro atoms. The number of rotatable bonds is 5. The first-order chi connectivity index (χ1) is 11.7. The smallest absolute Gasteiger partial charge is 0.255 e. The van der Waals surface area contributed by atoms with Gasteiger partial charge in [0.2, 0.25) is 0 Å². The van der Waals surface area contributed by atoms with Crippen molar-refractivity contribution in [2.24, 2.45) is 0 Å². The standard InChI is InChI=1S/C19H20N2O3/c22-18(20-13-17-10-5-11-24-17)14-6-4-7-15(12-14)19(23)21-16-8-2-1-3-9-16/h1-4,6-9,12,17H,5,10-11,13H2,(H,20,22)(H,21,23). The van der Waals surface area contributed by atoms with Crippen LogP contribution in [0.1, 0.15) is 33.6 Å². The van der Waals surface area contributed by atoms with E-state index in [1.807, 2.05) is 30.3 Å². The molecule has 1 atom stereocenters. The summed E-state index contributed by atoms with van der Waals surface area (Å²) in [5.74, 6) is -0.435. The number of anilines is 1. The fourth-order valence-corrected chi connectivity index (χ4v) is 2.64. The normalized spacial score (nSPS) is 16.6. The maximum atomic E-state index is 12.3. The van der Waals surface area contributed by atoms with Crippen molar-refractivity contribution in [1.29, 1.82) is 0 Å². The number of para-hydroxylation sites is 1. The second-order valence-electron chi connectivity index (χ2n) is 5.75. The van der Waals surface area contributed by atoms with Crippen LogP contribution in [0.3, 0.4) is 0 Å². The molecule has 2 aromatic carbocycles. The number of carbonyl (C=O) groups is 2. The maximum Gasteiger partial charge on any atom is 0.255 e. The van der Waals surface area contributed by atoms with Crippen LogP contribution in [0.5, 0.6) is 0 Å². The average Bonchev–Trinajstić information content (AvgIpc) is 3.14. The summed E-state index contributed by atoms with van der Waals surface area (Å²) in [5, 5.41) is 5.67. The molecule has 1 heterocycles. The molecule has 0 aliphatic carbocycles. The van der Waals surface area contributed by atoms with Gasteiger partial charge in [-0.1, -0.05) is 24.3 Å². The lowest BCUT2D eigenvalue weighted by atomic mass is 10.1. The average molecular weight is 324 g/mol. The Hall–Kier alpha value is -2.66. The monoisotopic (exact) mass is 324 g/mol. The van der Waals surface area contributed by atoms with E-state index in [4.69, 9.17) is 4.74 Å². The predicted molar refractivity (Wildman–Crippen MR) is 92.1 cm³/mol. The van der Waals surface area contributed by atoms with Crippen molar-refractivity contribution in [3.63, 3.8) is 0 Å². The van der Waals surface area contributed by atoms with Gasteiger partial charge in [0.15, 0.2) is 0 Å². The van der Waals surface area contributed by atoms with E-state index in [9.17, 15) is 9.59 Å². The number of ether oxygens (including phenoxy) is 1. The minimum atomic E-state index is -0.241. The summed E-state index contributed by atoms with van der Waals surface area (Å²) in [5.41, 5.74) is 1.63. The second-order valence-corrected chi connectivity index (χ2v) is 5.75. The molecule has 2 amide bonds. The van der Waals surface area contributed by atoms with Crippen molar-refractivity contribution < 1.29 is 14.3 Å². The Kier molecular flexibility index (Phi) is 5.23. The largest absolute Gasteiger partial charge is 0.376 e. The number of carbonyl (C=O) groups excluding carboxylic acids is 2. The first-order valence-corrected chi connectivity index (χ1v) is 8.08. The topological polar surface area (TPSA) is 67.4 Å². The highest BCUT2D eigenvalue weighted by molar-refractivity contribution is 6.06. The molecule has 2 aromatic rings. The fourth-order valence-electron chi connectivity index (χ4n) is 2.64. The lowest BCUT2D eigenvalue weighted by molar-refractivity contribution is 0.0858. The van der Waals surface area contributed by atoms with E-state index in [1.165, 1.54) is 0 Å². The molecule has 0 radical (unpaired) electrons. The molecule has 1 fully saturated rings. The van der Waals surface area contributed by atoms with Gasteiger partial charge in [0.05, 0.1) is 6.10 Å². The van der Waals surface area contributed by atoms with Crippen LogP contribution in [-0.4, -0.2) is 31.1 Å². The number of amides is 2. The summed E-state index contributed by atoms with van der Waals surface area (Å²) in [6, 6.07) is 15.9. The van der Waals surface area contributed by atoms with E-state index in [0.29, 0.717) is 17.7 Å². The van der Waals surface area contributed by atoms with Gasteiger partial charge in [-0.3, -0.25) is 9.59 Å². The number of hydrogen-bond donors (Lipinski definition) is 2. The summed E-state index contributed by atoms with van der Waals surface area (Å²) < 4.78 is 5.49. The summed E-state index contributed by atoms with van der Waals surface area (Å²) in [4.78, 5) is 24.5. The zero-order chi connectivity index (χ0) is 16.8. The Labute approximate surface area is 141 Å². The number of benzene rings is 2. The minimum Gasteiger partial charge on any atom is -0.376 e. The molecule has 1 aliphatic heterocycles. The van der Waals surface area contributed by atoms with Gasteiger partial charge in [0.25, 0.3) is 11.8 Å². The van der Waals surface area contributed by atoms with Gasteiger partial charge in [0, 0.05) is 30.0 Å². The molecule has 124 valence electrons. The molecule has 0 aromatic heterocycles. The molecule has 0 bridgehead atoms. The van der Waals surface area contributed by atoms with E-state index in [2.05, 4.69) is 10.6 Å². The molecule has 2 N–H and O–H groups in total. The van der Waals surface area contributed by atoms with Crippen LogP contribution >= 0.6 is 0 Å². The first-order valence-electron chi connectivity index (χ1n) is 8.08. The van der Waals surface area contributed by atoms with E-state index < -0.39 is 0 Å². The molecule has 3 rings (SSSR count). The highest BCUT2D eigenvalue weighted by atomic mass is 16.5. The Morgan fingerprint density at radius 2 is 1.75 bits per heavy atom. The quantitative estimate of drug-likeness (QED) is 0.889. The van der Waals surface area contributed by atoms with Crippen molar-refractivity contribution >= 4 is 17.5 Å². The Balaban J connectivity index is 1.62. The van der Waals surface area contributed by atoms with Gasteiger partial charge in [0.1, 0.15) is 0 Å². The van der Waals surface area contributed by atoms with Gasteiger partial charge in [-0.05, 0) is 43.2 Å². The van der Waals surface area contributed by atoms with Crippen molar-refractivity contribution in [3.05, 3.63) is 65.7 Å². The third-order valence-electron chi connectivity index (χ3n) is 3.93. The third-order valence-corrected chi connectivity index (χ3v) is 3.93. The summed E-state index contributed by atoms with van der Waals surface area (Å²) >= 11 is 0. The summed E-state index contributed by atoms with van der Waals surface area (Å²) in [7, 11) is 0. The van der Waals surface area contributed by atoms with Gasteiger partial charge in [-0.15, -0.1) is 0 Å². The zero-order valence-corrected chi connectivity index (χ0v) is 13.3. The summed E-state index contributed by atoms with van der Waals surface area (Å²) in [6.45, 7) is 1.26. The van der Waals surface area contributed by atoms with E-state index in [-0.39, 0.29) is 17.9 Å². The van der Waals surface area contributed by atoms with Crippen molar-refractivity contribution in [1.82, 2.24) is 5.32 Å². The molecule has 1 unspecified atom stereocenters. The fraction of sp³-hybridized carbons (Fsp3) is 0.263. The van der Waals surface area contributed by atoms with Crippen molar-refractivity contribution in [2.75, 3.05) is 18.5 Å². The van der Waals surface area contributed by atoms with Crippen LogP contribution in [0.4, 0.5) is 5.69 Å². The molecule has 5 nitrogen and oxygen atoms in total. The third kappa shape index (κ3) is 4.20. The molecular weight excluding hydrogens is 304 g/mol. The first kappa shape index (κ1) is 16.2. The predicted octanol–water partition coefficient (Wildman–Crippen LogP) is 2.85. The Bertz CT molecular complexity index is 710. The van der Waals surface area contributed by atoms with Gasteiger partial charge >= 0.3 is 0 Å². The van der Waals surface area contributed by atoms with Gasteiger partial charge in [-0.25, -0.2) is 0 Å². The lowest BCUT2D eigenvalue weighted by Crippen LogP contribution is -2.31. The van der Waals surface area contributed by atoms with Crippen LogP contribution in [0.2, 0.25) is 0 Å². The van der Waals surface area contributed by atoms with Crippen LogP contribution in [0.15, 0.2) is 54.6 Å². The minimum absolute atomic E-state index is 0.0958. The molecule has 24 heavy (non-hydrogen) atoms. The van der Waals surface area contributed by atoms with Gasteiger partial charge < -0.3 is 15.4 Å². The van der Waals surface area contributed by atoms with E-state index in [0.717, 1.165) is 25.1 Å². The Morgan fingerprint density at radius 3 is 2.46 bits per heavy atom. The number of nitrogens with one attached hydrogen (secondary N) is 2. The van der Waals surface area contributed by atoms with Crippen LogP contribution in [-0.2, 0) is 4.74 Å². The second kappa shape index (κ2) is 7.75. The SMILES string of the molecule is O=C(NCC1CCCO1)c1cccc(C(=O)Nc2ccccc2)c1. The number of hydrogen-bond acceptors (Lipinski definition) is 3. The Morgan fingerprint density at radius 1 is 1.00 bits per heavy atom. The van der Waals surface area contributed by atoms with Crippen LogP contribution < -0.4 is 10.6 Å². The highest BCUT2D eigenvalue weighted by Gasteiger charge is 2.17. The molecule has 0 saturated carbocycles. The molecular formula is C19H20N2O3. The van der Waals surface area contributed by atoms with Gasteiger partial charge in [-0.2, -0.15) is 0 Å². The van der Waals surface area contributed by atoms with E-state index >= 15 is 0 Å². The van der Waals surface area contributed by atoms with Crippen LogP contribution in [0.25, 0.3) is 0 Å². The maximum absolute atomic E-state index is 12.3. The molecule has 5 heteroatoms. The summed E-state index contributed by atoms with van der Waals surface area (Å²) in [6.07, 6.45) is 2.11. The van der Waals surface area contributed by atoms with Crippen LogP contribution in [0, 0.1) is 0 Å². The molecule has 1 saturated heterocycles. The molecule has 1 aliphatic rings. The lowest BCUT2D eigenvalue weighted by Gasteiger charge is -2.11.